The standard InChI is InChI=1S/C29H17Cl3O5/c1-2-22(34)16-9-20(30)19(13-33)28(29(16)32)27-17-8-15(14-6-4-3-5-7-14)23(35)11-25(17)37-26-12-24(36)21(31)10-18(26)27/h3-13,36H,2H2,1H3. The van der Waals surface area contributed by atoms with Crippen LogP contribution in [0, 0.1) is 0 Å². The Bertz CT molecular complexity index is 1760. The lowest BCUT2D eigenvalue weighted by Gasteiger charge is -2.20. The van der Waals surface area contributed by atoms with E-state index in [2.05, 4.69) is 0 Å². The highest BCUT2D eigenvalue weighted by Crippen LogP contribution is 2.48. The van der Waals surface area contributed by atoms with Crippen LogP contribution in [0.5, 0.6) is 5.75 Å². The SMILES string of the molecule is CCC(=O)c1cc(Cl)c(C=O)c(-c2c3cc(-c4ccccc4)c(=O)cc-3oc3cc(O)c(Cl)cc23)c1Cl. The summed E-state index contributed by atoms with van der Waals surface area (Å²) in [6.07, 6.45) is 0.729. The van der Waals surface area contributed by atoms with E-state index in [-0.39, 0.29) is 66.5 Å². The summed E-state index contributed by atoms with van der Waals surface area (Å²) in [6, 6.07) is 16.2. The zero-order chi connectivity index (χ0) is 26.4. The van der Waals surface area contributed by atoms with Crippen LogP contribution in [0.1, 0.15) is 34.1 Å². The summed E-state index contributed by atoms with van der Waals surface area (Å²) >= 11 is 19.6. The second-order valence-electron chi connectivity index (χ2n) is 8.39. The van der Waals surface area contributed by atoms with Gasteiger partial charge in [0.15, 0.2) is 17.5 Å². The molecule has 5 rings (SSSR count). The first-order valence-electron chi connectivity index (χ1n) is 11.2. The first kappa shape index (κ1) is 25.0. The number of fused-ring (bicyclic) bond motifs is 2. The number of phenolic OH excluding ortho intramolecular Hbond substituents is 1. The number of benzene rings is 4. The average Bonchev–Trinajstić information content (AvgIpc) is 2.89. The van der Waals surface area contributed by atoms with Crippen molar-refractivity contribution in [1.29, 1.82) is 0 Å². The first-order chi connectivity index (χ1) is 17.7. The van der Waals surface area contributed by atoms with E-state index in [0.717, 1.165) is 0 Å². The maximum atomic E-state index is 13.1. The largest absolute Gasteiger partial charge is 0.506 e. The second kappa shape index (κ2) is 9.67. The Balaban J connectivity index is 2.03. The number of hydrogen-bond acceptors (Lipinski definition) is 5. The Kier molecular flexibility index (Phi) is 6.54. The number of ketones is 1. The summed E-state index contributed by atoms with van der Waals surface area (Å²) in [4.78, 5) is 38.1. The third-order valence-corrected chi connectivity index (χ3v) is 7.23. The molecule has 0 saturated heterocycles. The van der Waals surface area contributed by atoms with Crippen LogP contribution in [0.15, 0.2) is 69.9 Å². The van der Waals surface area contributed by atoms with Gasteiger partial charge in [-0.25, -0.2) is 0 Å². The van der Waals surface area contributed by atoms with Crippen LogP contribution < -0.4 is 5.43 Å². The molecule has 1 aliphatic heterocycles. The Morgan fingerprint density at radius 1 is 0.946 bits per heavy atom. The molecule has 1 aliphatic carbocycles. The Labute approximate surface area is 226 Å². The molecule has 0 radical (unpaired) electrons. The smallest absolute Gasteiger partial charge is 0.190 e. The van der Waals surface area contributed by atoms with Gasteiger partial charge in [-0.15, -0.1) is 0 Å². The van der Waals surface area contributed by atoms with Gasteiger partial charge in [-0.3, -0.25) is 14.4 Å². The Hall–Kier alpha value is -3.64. The number of phenols is 1. The molecule has 1 N–H and O–H groups in total. The Morgan fingerprint density at radius 3 is 2.35 bits per heavy atom. The molecule has 5 nitrogen and oxygen atoms in total. The van der Waals surface area contributed by atoms with Crippen LogP contribution in [0.3, 0.4) is 0 Å². The number of carbonyl (C=O) groups excluding carboxylic acids is 2. The average molecular weight is 552 g/mol. The molecule has 0 aromatic heterocycles. The highest BCUT2D eigenvalue weighted by Gasteiger charge is 2.27. The van der Waals surface area contributed by atoms with Crippen molar-refractivity contribution in [1.82, 2.24) is 0 Å². The highest BCUT2D eigenvalue weighted by molar-refractivity contribution is 6.41. The van der Waals surface area contributed by atoms with E-state index in [9.17, 15) is 19.5 Å². The predicted octanol–water partition coefficient (Wildman–Crippen LogP) is 8.30. The molecule has 0 spiro atoms. The summed E-state index contributed by atoms with van der Waals surface area (Å²) < 4.78 is 6.01. The topological polar surface area (TPSA) is 84.6 Å². The molecule has 3 aromatic rings. The van der Waals surface area contributed by atoms with Crippen molar-refractivity contribution in [3.63, 3.8) is 0 Å². The normalized spacial score (nSPS) is 11.2. The van der Waals surface area contributed by atoms with Crippen LogP contribution >= 0.6 is 34.8 Å². The number of aromatic hydroxyl groups is 1. The molecule has 37 heavy (non-hydrogen) atoms. The first-order valence-corrected chi connectivity index (χ1v) is 12.4. The maximum absolute atomic E-state index is 13.1. The monoisotopic (exact) mass is 550 g/mol. The van der Waals surface area contributed by atoms with Crippen molar-refractivity contribution >= 4 is 57.8 Å². The van der Waals surface area contributed by atoms with E-state index >= 15 is 0 Å². The summed E-state index contributed by atoms with van der Waals surface area (Å²) in [6.45, 7) is 1.69. The molecule has 0 fully saturated rings. The van der Waals surface area contributed by atoms with Gasteiger partial charge in [0.2, 0.25) is 0 Å². The number of hydrogen-bond donors (Lipinski definition) is 1. The molecule has 3 aromatic carbocycles. The van der Waals surface area contributed by atoms with Crippen LogP contribution in [-0.2, 0) is 0 Å². The van der Waals surface area contributed by atoms with Crippen LogP contribution in [-0.4, -0.2) is 17.2 Å². The summed E-state index contributed by atoms with van der Waals surface area (Å²) in [5.74, 6) is -0.311. The molecule has 0 atom stereocenters. The number of Topliss-reactive ketones (excluding diaryl/α,β-unsaturated/α-hetero) is 1. The second-order valence-corrected chi connectivity index (χ2v) is 9.58. The van der Waals surface area contributed by atoms with E-state index in [1.807, 2.05) is 18.2 Å². The molecular weight excluding hydrogens is 535 g/mol. The van der Waals surface area contributed by atoms with Crippen molar-refractivity contribution in [2.75, 3.05) is 0 Å². The van der Waals surface area contributed by atoms with Crippen molar-refractivity contribution in [3.8, 4) is 39.3 Å². The fourth-order valence-electron chi connectivity index (χ4n) is 4.43. The molecule has 0 bridgehead atoms. The molecule has 8 heteroatoms. The van der Waals surface area contributed by atoms with E-state index in [1.54, 1.807) is 25.1 Å². The fourth-order valence-corrected chi connectivity index (χ4v) is 5.20. The van der Waals surface area contributed by atoms with Gasteiger partial charge in [-0.05, 0) is 23.8 Å². The zero-order valence-corrected chi connectivity index (χ0v) is 21.5. The quantitative estimate of drug-likeness (QED) is 0.135. The molecule has 0 amide bonds. The van der Waals surface area contributed by atoms with E-state index in [0.29, 0.717) is 33.9 Å². The third kappa shape index (κ3) is 4.19. The number of carbonyl (C=O) groups is 2. The van der Waals surface area contributed by atoms with E-state index in [1.165, 1.54) is 24.3 Å². The van der Waals surface area contributed by atoms with E-state index in [4.69, 9.17) is 39.2 Å². The number of halogens is 3. The zero-order valence-electron chi connectivity index (χ0n) is 19.3. The van der Waals surface area contributed by atoms with Gasteiger partial charge in [-0.2, -0.15) is 0 Å². The molecule has 0 saturated carbocycles. The summed E-state index contributed by atoms with van der Waals surface area (Å²) in [5.41, 5.74) is 2.21. The van der Waals surface area contributed by atoms with Gasteiger partial charge in [-0.1, -0.05) is 72.1 Å². The van der Waals surface area contributed by atoms with Crippen LogP contribution in [0.2, 0.25) is 15.1 Å². The minimum Gasteiger partial charge on any atom is -0.506 e. The molecule has 1 heterocycles. The van der Waals surface area contributed by atoms with E-state index < -0.39 is 0 Å². The van der Waals surface area contributed by atoms with Gasteiger partial charge in [0.05, 0.1) is 15.1 Å². The van der Waals surface area contributed by atoms with Gasteiger partial charge >= 0.3 is 0 Å². The summed E-state index contributed by atoms with van der Waals surface area (Å²) in [5, 5.41) is 10.7. The van der Waals surface area contributed by atoms with Gasteiger partial charge in [0, 0.05) is 57.3 Å². The minimum atomic E-state index is -0.291. The maximum Gasteiger partial charge on any atom is 0.190 e. The van der Waals surface area contributed by atoms with Gasteiger partial charge < -0.3 is 9.52 Å². The summed E-state index contributed by atoms with van der Waals surface area (Å²) in [7, 11) is 0. The number of rotatable bonds is 5. The van der Waals surface area contributed by atoms with Crippen molar-refractivity contribution in [3.05, 3.63) is 97.1 Å². The van der Waals surface area contributed by atoms with Crippen LogP contribution in [0.4, 0.5) is 0 Å². The highest BCUT2D eigenvalue weighted by atomic mass is 35.5. The predicted molar refractivity (Wildman–Crippen MR) is 147 cm³/mol. The molecule has 0 unspecified atom stereocenters. The fraction of sp³-hybridized carbons (Fsp3) is 0.0690. The van der Waals surface area contributed by atoms with Crippen LogP contribution in [0.25, 0.3) is 44.5 Å². The molecule has 184 valence electrons. The Morgan fingerprint density at radius 2 is 1.68 bits per heavy atom. The van der Waals surface area contributed by atoms with Crippen molar-refractivity contribution < 1.29 is 19.1 Å². The van der Waals surface area contributed by atoms with Crippen molar-refractivity contribution in [2.24, 2.45) is 0 Å². The molecular formula is C29H17Cl3O5. The molecule has 2 aliphatic rings. The lowest BCUT2D eigenvalue weighted by molar-refractivity contribution is 0.0987. The third-order valence-electron chi connectivity index (χ3n) is 6.22. The lowest BCUT2D eigenvalue weighted by Crippen LogP contribution is -2.07. The lowest BCUT2D eigenvalue weighted by atomic mass is 9.87. The number of aldehydes is 1. The van der Waals surface area contributed by atoms with Gasteiger partial charge in [0.1, 0.15) is 17.1 Å². The minimum absolute atomic E-state index is 0.0303. The van der Waals surface area contributed by atoms with Gasteiger partial charge in [0.25, 0.3) is 0 Å². The van der Waals surface area contributed by atoms with Crippen molar-refractivity contribution in [2.45, 2.75) is 13.3 Å².